The minimum atomic E-state index is -0.172. The molecule has 6 heteroatoms. The molecule has 0 aliphatic rings. The van der Waals surface area contributed by atoms with Gasteiger partial charge in [-0.05, 0) is 49.4 Å². The van der Waals surface area contributed by atoms with Gasteiger partial charge >= 0.3 is 0 Å². The largest absolute Gasteiger partial charge is 0.333 e. The third-order valence-corrected chi connectivity index (χ3v) is 6.31. The molecule has 2 heterocycles. The third kappa shape index (κ3) is 4.46. The molecule has 0 saturated carbocycles. The second kappa shape index (κ2) is 9.06. The number of carbonyl (C=O) groups is 1. The van der Waals surface area contributed by atoms with Crippen LogP contribution in [-0.2, 0) is 18.3 Å². The van der Waals surface area contributed by atoms with Crippen molar-refractivity contribution in [3.63, 3.8) is 0 Å². The number of benzene rings is 2. The molecule has 4 aromatic rings. The van der Waals surface area contributed by atoms with Gasteiger partial charge in [0.15, 0.2) is 0 Å². The summed E-state index contributed by atoms with van der Waals surface area (Å²) in [7, 11) is 1.92. The lowest BCUT2D eigenvalue weighted by Gasteiger charge is -2.12. The van der Waals surface area contributed by atoms with Gasteiger partial charge in [-0.3, -0.25) is 9.59 Å². The Kier molecular flexibility index (Phi) is 6.18. The molecule has 0 spiro atoms. The van der Waals surface area contributed by atoms with E-state index in [0.717, 1.165) is 33.8 Å². The monoisotopic (exact) mass is 442 g/mol. The van der Waals surface area contributed by atoms with Crippen LogP contribution in [0.1, 0.15) is 48.6 Å². The molecule has 1 amide bonds. The van der Waals surface area contributed by atoms with Crippen LogP contribution in [0.15, 0.2) is 59.4 Å². The zero-order valence-corrected chi connectivity index (χ0v) is 19.8. The smallest absolute Gasteiger partial charge is 0.277 e. The standard InChI is InChI=1S/C27H30N4O2/c1-17(2)20-10-12-21(13-11-20)28-25(32)15-14-23-19(4)30(5)26-16-24(29-31(26)27(23)33)22-9-7-6-8-18(22)3/h6-13,16-17H,14-15H2,1-5H3,(H,28,32). The zero-order valence-electron chi connectivity index (χ0n) is 19.8. The molecule has 0 atom stereocenters. The Labute approximate surface area is 193 Å². The number of hydrogen-bond donors (Lipinski definition) is 1. The van der Waals surface area contributed by atoms with E-state index in [2.05, 4.69) is 24.3 Å². The molecule has 0 aliphatic heterocycles. The maximum Gasteiger partial charge on any atom is 0.277 e. The third-order valence-electron chi connectivity index (χ3n) is 6.31. The average Bonchev–Trinajstić information content (AvgIpc) is 3.24. The van der Waals surface area contributed by atoms with E-state index in [0.29, 0.717) is 17.9 Å². The second-order valence-electron chi connectivity index (χ2n) is 8.87. The van der Waals surface area contributed by atoms with E-state index in [1.807, 2.05) is 80.1 Å². The highest BCUT2D eigenvalue weighted by atomic mass is 16.1. The SMILES string of the molecule is Cc1ccccc1-c1cc2n(C)c(C)c(CCC(=O)Nc3ccc(C(C)C)cc3)c(=O)n2n1. The molecule has 2 aromatic heterocycles. The van der Waals surface area contributed by atoms with Crippen molar-refractivity contribution in [2.24, 2.45) is 7.05 Å². The number of aromatic nitrogens is 3. The zero-order chi connectivity index (χ0) is 23.7. The van der Waals surface area contributed by atoms with Gasteiger partial charge in [0.05, 0.1) is 5.69 Å². The molecule has 2 aromatic carbocycles. The van der Waals surface area contributed by atoms with E-state index in [9.17, 15) is 9.59 Å². The molecule has 0 unspecified atom stereocenters. The van der Waals surface area contributed by atoms with Gasteiger partial charge in [-0.2, -0.15) is 9.61 Å². The molecular formula is C27H30N4O2. The number of fused-ring (bicyclic) bond motifs is 1. The predicted octanol–water partition coefficient (Wildman–Crippen LogP) is 5.01. The lowest BCUT2D eigenvalue weighted by molar-refractivity contribution is -0.116. The molecule has 0 saturated heterocycles. The highest BCUT2D eigenvalue weighted by Crippen LogP contribution is 2.23. The molecule has 6 nitrogen and oxygen atoms in total. The van der Waals surface area contributed by atoms with Gasteiger partial charge in [0.1, 0.15) is 5.65 Å². The van der Waals surface area contributed by atoms with Crippen LogP contribution in [0.5, 0.6) is 0 Å². The highest BCUT2D eigenvalue weighted by Gasteiger charge is 2.17. The number of carbonyl (C=O) groups excluding carboxylic acids is 1. The fourth-order valence-corrected chi connectivity index (χ4v) is 4.11. The minimum Gasteiger partial charge on any atom is -0.333 e. The van der Waals surface area contributed by atoms with Crippen molar-refractivity contribution in [2.45, 2.75) is 46.5 Å². The van der Waals surface area contributed by atoms with Gasteiger partial charge in [0, 0.05) is 42.0 Å². The Hall–Kier alpha value is -3.67. The van der Waals surface area contributed by atoms with Crippen LogP contribution < -0.4 is 10.9 Å². The second-order valence-corrected chi connectivity index (χ2v) is 8.87. The highest BCUT2D eigenvalue weighted by molar-refractivity contribution is 5.90. The average molecular weight is 443 g/mol. The number of nitrogens with zero attached hydrogens (tertiary/aromatic N) is 3. The van der Waals surface area contributed by atoms with Gasteiger partial charge in [-0.25, -0.2) is 0 Å². The van der Waals surface area contributed by atoms with E-state index in [1.54, 1.807) is 0 Å². The van der Waals surface area contributed by atoms with Gasteiger partial charge in [0.25, 0.3) is 5.56 Å². The van der Waals surface area contributed by atoms with E-state index < -0.39 is 0 Å². The minimum absolute atomic E-state index is 0.116. The Morgan fingerprint density at radius 2 is 1.76 bits per heavy atom. The maximum absolute atomic E-state index is 13.3. The van der Waals surface area contributed by atoms with Crippen molar-refractivity contribution >= 4 is 17.2 Å². The summed E-state index contributed by atoms with van der Waals surface area (Å²) >= 11 is 0. The summed E-state index contributed by atoms with van der Waals surface area (Å²) in [6, 6.07) is 17.8. The quantitative estimate of drug-likeness (QED) is 0.456. The first kappa shape index (κ1) is 22.5. The van der Waals surface area contributed by atoms with Crippen molar-refractivity contribution in [3.05, 3.63) is 87.3 Å². The number of anilines is 1. The maximum atomic E-state index is 13.3. The fourth-order valence-electron chi connectivity index (χ4n) is 4.11. The fraction of sp³-hybridized carbons (Fsp3) is 0.296. The van der Waals surface area contributed by atoms with Crippen molar-refractivity contribution < 1.29 is 4.79 Å². The summed E-state index contributed by atoms with van der Waals surface area (Å²) in [5.74, 6) is 0.326. The first-order valence-electron chi connectivity index (χ1n) is 11.3. The van der Waals surface area contributed by atoms with Crippen molar-refractivity contribution in [1.82, 2.24) is 14.2 Å². The topological polar surface area (TPSA) is 68.4 Å². The summed E-state index contributed by atoms with van der Waals surface area (Å²) in [4.78, 5) is 25.8. The molecule has 0 aliphatic carbocycles. The lowest BCUT2D eigenvalue weighted by atomic mass is 10.0. The van der Waals surface area contributed by atoms with E-state index in [1.165, 1.54) is 10.1 Å². The van der Waals surface area contributed by atoms with E-state index >= 15 is 0 Å². The van der Waals surface area contributed by atoms with Crippen molar-refractivity contribution in [1.29, 1.82) is 0 Å². The van der Waals surface area contributed by atoms with Gasteiger partial charge < -0.3 is 9.88 Å². The van der Waals surface area contributed by atoms with Gasteiger partial charge in [-0.1, -0.05) is 50.2 Å². The van der Waals surface area contributed by atoms with E-state index in [-0.39, 0.29) is 17.9 Å². The summed E-state index contributed by atoms with van der Waals surface area (Å²) in [5, 5.41) is 7.54. The van der Waals surface area contributed by atoms with Gasteiger partial charge in [0.2, 0.25) is 5.91 Å². The van der Waals surface area contributed by atoms with Crippen LogP contribution >= 0.6 is 0 Å². The van der Waals surface area contributed by atoms with Crippen molar-refractivity contribution in [2.75, 3.05) is 5.32 Å². The lowest BCUT2D eigenvalue weighted by Crippen LogP contribution is -2.26. The molecule has 33 heavy (non-hydrogen) atoms. The number of hydrogen-bond acceptors (Lipinski definition) is 3. The van der Waals surface area contributed by atoms with Crippen LogP contribution in [0.25, 0.3) is 16.9 Å². The Morgan fingerprint density at radius 3 is 2.42 bits per heavy atom. The number of nitrogens with one attached hydrogen (secondary N) is 1. The molecule has 1 N–H and O–H groups in total. The molecule has 0 radical (unpaired) electrons. The summed E-state index contributed by atoms with van der Waals surface area (Å²) in [6.07, 6.45) is 0.573. The number of amides is 1. The predicted molar refractivity (Wildman–Crippen MR) is 133 cm³/mol. The summed E-state index contributed by atoms with van der Waals surface area (Å²) < 4.78 is 3.42. The van der Waals surface area contributed by atoms with Crippen LogP contribution in [0.3, 0.4) is 0 Å². The molecule has 170 valence electrons. The molecule has 4 rings (SSSR count). The molecular weight excluding hydrogens is 412 g/mol. The van der Waals surface area contributed by atoms with Crippen LogP contribution in [0, 0.1) is 13.8 Å². The van der Waals surface area contributed by atoms with Crippen molar-refractivity contribution in [3.8, 4) is 11.3 Å². The molecule has 0 fully saturated rings. The first-order valence-corrected chi connectivity index (χ1v) is 11.3. The Morgan fingerprint density at radius 1 is 1.06 bits per heavy atom. The first-order chi connectivity index (χ1) is 15.8. The summed E-state index contributed by atoms with van der Waals surface area (Å²) in [6.45, 7) is 8.22. The summed E-state index contributed by atoms with van der Waals surface area (Å²) in [5.41, 5.74) is 6.87. The van der Waals surface area contributed by atoms with Crippen LogP contribution in [0.2, 0.25) is 0 Å². The van der Waals surface area contributed by atoms with E-state index in [4.69, 9.17) is 0 Å². The number of rotatable bonds is 6. The Bertz CT molecular complexity index is 1380. The van der Waals surface area contributed by atoms with Gasteiger partial charge in [-0.15, -0.1) is 0 Å². The normalized spacial score (nSPS) is 11.3. The van der Waals surface area contributed by atoms with Crippen LogP contribution in [0.4, 0.5) is 5.69 Å². The Balaban J connectivity index is 1.57. The molecule has 0 bridgehead atoms. The van der Waals surface area contributed by atoms with Crippen LogP contribution in [-0.4, -0.2) is 20.1 Å². The number of aryl methyl sites for hydroxylation is 2.